The summed E-state index contributed by atoms with van der Waals surface area (Å²) in [5.74, 6) is 1.24. The summed E-state index contributed by atoms with van der Waals surface area (Å²) in [5.41, 5.74) is 2.93. The number of ether oxygens (including phenoxy) is 1. The van der Waals surface area contributed by atoms with Crippen LogP contribution in [0.15, 0.2) is 65.5 Å². The Morgan fingerprint density at radius 2 is 2.12 bits per heavy atom. The van der Waals surface area contributed by atoms with Crippen LogP contribution >= 0.6 is 0 Å². The van der Waals surface area contributed by atoms with E-state index in [1.807, 2.05) is 54.4 Å². The molecule has 0 radical (unpaired) electrons. The first-order valence-corrected chi connectivity index (χ1v) is 11.4. The van der Waals surface area contributed by atoms with E-state index in [0.717, 1.165) is 42.5 Å². The fourth-order valence-corrected chi connectivity index (χ4v) is 4.61. The Bertz CT molecular complexity index is 1450. The zero-order chi connectivity index (χ0) is 23.1. The number of amides is 1. The Morgan fingerprint density at radius 1 is 1.21 bits per heavy atom. The van der Waals surface area contributed by atoms with Gasteiger partial charge in [0.25, 0.3) is 5.91 Å². The van der Waals surface area contributed by atoms with Crippen molar-refractivity contribution in [1.29, 1.82) is 0 Å². The number of carbonyl (C=O) groups excluding carboxylic acids is 1. The van der Waals surface area contributed by atoms with Crippen LogP contribution in [0.4, 0.5) is 0 Å². The molecule has 9 nitrogen and oxygen atoms in total. The molecule has 1 aliphatic rings. The summed E-state index contributed by atoms with van der Waals surface area (Å²) in [5, 5.41) is 9.78. The second-order valence-corrected chi connectivity index (χ2v) is 8.57. The summed E-state index contributed by atoms with van der Waals surface area (Å²) in [6.45, 7) is 1.23. The number of imidazole rings is 1. The van der Waals surface area contributed by atoms with E-state index < -0.39 is 0 Å². The molecule has 1 amide bonds. The van der Waals surface area contributed by atoms with E-state index in [4.69, 9.17) is 9.15 Å². The number of aromatic nitrogens is 5. The molecule has 0 N–H and O–H groups in total. The first-order valence-electron chi connectivity index (χ1n) is 11.4. The number of carbonyl (C=O) groups is 1. The van der Waals surface area contributed by atoms with Gasteiger partial charge in [0.05, 0.1) is 24.6 Å². The van der Waals surface area contributed by atoms with Crippen LogP contribution in [0.2, 0.25) is 0 Å². The number of rotatable bonds is 6. The zero-order valence-corrected chi connectivity index (χ0v) is 18.8. The highest BCUT2D eigenvalue weighted by atomic mass is 16.5. The van der Waals surface area contributed by atoms with Crippen LogP contribution in [-0.2, 0) is 7.05 Å². The second kappa shape index (κ2) is 8.33. The van der Waals surface area contributed by atoms with Crippen molar-refractivity contribution in [3.05, 3.63) is 66.6 Å². The van der Waals surface area contributed by atoms with Crippen molar-refractivity contribution in [1.82, 2.24) is 29.3 Å². The Kier molecular flexibility index (Phi) is 5.01. The first-order chi connectivity index (χ1) is 16.7. The van der Waals surface area contributed by atoms with E-state index in [1.54, 1.807) is 27.8 Å². The smallest absolute Gasteiger partial charge is 0.257 e. The molecule has 1 aliphatic heterocycles. The third-order valence-corrected chi connectivity index (χ3v) is 6.31. The highest BCUT2D eigenvalue weighted by Gasteiger charge is 2.29. The maximum atomic E-state index is 12.9. The summed E-state index contributed by atoms with van der Waals surface area (Å²) in [6.07, 6.45) is 7.85. The molecule has 1 aromatic carbocycles. The molecule has 0 bridgehead atoms. The van der Waals surface area contributed by atoms with Crippen molar-refractivity contribution in [2.45, 2.75) is 25.3 Å². The number of para-hydroxylation sites is 1. The van der Waals surface area contributed by atoms with Gasteiger partial charge in [-0.25, -0.2) is 9.50 Å². The maximum absolute atomic E-state index is 12.9. The lowest BCUT2D eigenvalue weighted by atomic mass is 10.1. The summed E-state index contributed by atoms with van der Waals surface area (Å²) in [4.78, 5) is 19.2. The Labute approximate surface area is 195 Å². The quantitative estimate of drug-likeness (QED) is 0.384. The molecule has 1 fully saturated rings. The van der Waals surface area contributed by atoms with Gasteiger partial charge in [0.15, 0.2) is 11.4 Å². The maximum Gasteiger partial charge on any atom is 0.257 e. The lowest BCUT2D eigenvalue weighted by Crippen LogP contribution is -2.36. The van der Waals surface area contributed by atoms with Crippen LogP contribution < -0.4 is 4.74 Å². The molecule has 1 saturated heterocycles. The molecule has 4 aromatic heterocycles. The molecule has 0 aliphatic carbocycles. The van der Waals surface area contributed by atoms with Gasteiger partial charge in [-0.3, -0.25) is 9.48 Å². The number of aryl methyl sites for hydroxylation is 1. The summed E-state index contributed by atoms with van der Waals surface area (Å²) in [6, 6.07) is 13.7. The first kappa shape index (κ1) is 20.5. The van der Waals surface area contributed by atoms with Gasteiger partial charge in [0, 0.05) is 43.7 Å². The predicted octanol–water partition coefficient (Wildman–Crippen LogP) is 3.95. The minimum atomic E-state index is 0.0315. The molecule has 9 heteroatoms. The van der Waals surface area contributed by atoms with Gasteiger partial charge < -0.3 is 14.1 Å². The summed E-state index contributed by atoms with van der Waals surface area (Å²) in [7, 11) is 1.82. The molecule has 0 unspecified atom stereocenters. The molecule has 0 saturated carbocycles. The predicted molar refractivity (Wildman–Crippen MR) is 126 cm³/mol. The van der Waals surface area contributed by atoms with Gasteiger partial charge in [-0.05, 0) is 31.0 Å². The molecule has 6 rings (SSSR count). The van der Waals surface area contributed by atoms with E-state index >= 15 is 0 Å². The number of hydrogen-bond acceptors (Lipinski definition) is 6. The number of fused-ring (bicyclic) bond motifs is 2. The molecule has 172 valence electrons. The third-order valence-electron chi connectivity index (χ3n) is 6.31. The molecule has 34 heavy (non-hydrogen) atoms. The van der Waals surface area contributed by atoms with Crippen LogP contribution in [0.25, 0.3) is 28.1 Å². The fraction of sp³-hybridized carbons (Fsp3) is 0.280. The molecule has 0 spiro atoms. The summed E-state index contributed by atoms with van der Waals surface area (Å²) >= 11 is 0. The topological polar surface area (TPSA) is 90.7 Å². The van der Waals surface area contributed by atoms with Gasteiger partial charge >= 0.3 is 0 Å². The number of hydrogen-bond donors (Lipinski definition) is 0. The number of likely N-dealkylation sites (tertiary alicyclic amines) is 1. The summed E-state index contributed by atoms with van der Waals surface area (Å²) < 4.78 is 15.4. The van der Waals surface area contributed by atoms with E-state index in [-0.39, 0.29) is 11.9 Å². The number of nitrogens with zero attached hydrogens (tertiary/aromatic N) is 6. The minimum Gasteiger partial charge on any atom is -0.477 e. The highest BCUT2D eigenvalue weighted by Crippen LogP contribution is 2.28. The van der Waals surface area contributed by atoms with Crippen molar-refractivity contribution in [3.63, 3.8) is 0 Å². The van der Waals surface area contributed by atoms with E-state index in [0.29, 0.717) is 29.5 Å². The number of furan rings is 1. The van der Waals surface area contributed by atoms with Crippen molar-refractivity contribution >= 4 is 22.5 Å². The van der Waals surface area contributed by atoms with E-state index in [1.165, 1.54) is 0 Å². The van der Waals surface area contributed by atoms with Crippen LogP contribution in [0.3, 0.4) is 0 Å². The average Bonchev–Trinajstić information content (AvgIpc) is 3.63. The van der Waals surface area contributed by atoms with Crippen molar-refractivity contribution in [2.24, 2.45) is 7.05 Å². The Balaban J connectivity index is 1.16. The SMILES string of the molecule is Cn1cc(C(=O)N2CCC[C@H]2CCOc2ccc3ncc(-c4cc5ccccc5o4)n3n2)cn1. The van der Waals surface area contributed by atoms with Crippen LogP contribution in [0.5, 0.6) is 5.88 Å². The van der Waals surface area contributed by atoms with E-state index in [2.05, 4.69) is 15.2 Å². The zero-order valence-electron chi connectivity index (χ0n) is 18.8. The molecule has 1 atom stereocenters. The molecular formula is C25H24N6O3. The van der Waals surface area contributed by atoms with Gasteiger partial charge in [-0.1, -0.05) is 18.2 Å². The van der Waals surface area contributed by atoms with Gasteiger partial charge in [0.1, 0.15) is 11.3 Å². The third kappa shape index (κ3) is 3.68. The molecule has 5 heterocycles. The van der Waals surface area contributed by atoms with E-state index in [9.17, 15) is 4.79 Å². The van der Waals surface area contributed by atoms with Crippen molar-refractivity contribution < 1.29 is 13.9 Å². The lowest BCUT2D eigenvalue weighted by Gasteiger charge is -2.24. The van der Waals surface area contributed by atoms with Crippen molar-refractivity contribution in [2.75, 3.05) is 13.2 Å². The molecule has 5 aromatic rings. The normalized spacial score (nSPS) is 16.0. The lowest BCUT2D eigenvalue weighted by molar-refractivity contribution is 0.0718. The Hall–Kier alpha value is -4.14. The van der Waals surface area contributed by atoms with Crippen LogP contribution in [-0.4, -0.2) is 54.4 Å². The van der Waals surface area contributed by atoms with Gasteiger partial charge in [-0.15, -0.1) is 5.10 Å². The second-order valence-electron chi connectivity index (χ2n) is 8.57. The van der Waals surface area contributed by atoms with Crippen LogP contribution in [0.1, 0.15) is 29.6 Å². The monoisotopic (exact) mass is 456 g/mol. The largest absolute Gasteiger partial charge is 0.477 e. The van der Waals surface area contributed by atoms with Gasteiger partial charge in [-0.2, -0.15) is 5.10 Å². The standard InChI is InChI=1S/C25H24N6O3/c1-29-16-18(14-27-29)25(32)30-11-4-6-19(30)10-12-33-24-9-8-23-26-15-20(31(23)28-24)22-13-17-5-2-3-7-21(17)34-22/h2-3,5,7-9,13-16,19H,4,6,10-12H2,1H3/t19-/m0/s1. The van der Waals surface area contributed by atoms with Crippen molar-refractivity contribution in [3.8, 4) is 17.3 Å². The number of benzene rings is 1. The van der Waals surface area contributed by atoms with Gasteiger partial charge in [0.2, 0.25) is 5.88 Å². The minimum absolute atomic E-state index is 0.0315. The highest BCUT2D eigenvalue weighted by molar-refractivity contribution is 5.94. The molecular weight excluding hydrogens is 432 g/mol. The fourth-order valence-electron chi connectivity index (χ4n) is 4.61. The average molecular weight is 457 g/mol. The Morgan fingerprint density at radius 3 is 2.97 bits per heavy atom. The van der Waals surface area contributed by atoms with Crippen LogP contribution in [0, 0.1) is 0 Å².